The monoisotopic (exact) mass is 799 g/mol. The Morgan fingerprint density at radius 2 is 0.871 bits per heavy atom. The van der Waals surface area contributed by atoms with E-state index in [4.69, 9.17) is 15.0 Å². The maximum absolute atomic E-state index is 5.38. The molecule has 0 saturated carbocycles. The third kappa shape index (κ3) is 5.58. The molecular weight excluding hydrogens is 755 g/mol. The summed E-state index contributed by atoms with van der Waals surface area (Å²) in [6, 6.07) is 63.1. The van der Waals surface area contributed by atoms with E-state index in [-0.39, 0.29) is 10.8 Å². The quantitative estimate of drug-likeness (QED) is 0.174. The molecule has 0 spiro atoms. The van der Waals surface area contributed by atoms with Gasteiger partial charge in [0.25, 0.3) is 0 Å². The van der Waals surface area contributed by atoms with Gasteiger partial charge in [0.15, 0.2) is 11.6 Å². The van der Waals surface area contributed by atoms with Crippen molar-refractivity contribution in [1.82, 2.24) is 24.1 Å². The third-order valence-corrected chi connectivity index (χ3v) is 13.6. The van der Waals surface area contributed by atoms with Gasteiger partial charge >= 0.3 is 0 Å². The molecule has 3 heterocycles. The van der Waals surface area contributed by atoms with Gasteiger partial charge in [-0.15, -0.1) is 0 Å². The fraction of sp³-hybridized carbons (Fsp3) is 0.140. The van der Waals surface area contributed by atoms with Gasteiger partial charge in [-0.1, -0.05) is 161 Å². The first-order valence-electron chi connectivity index (χ1n) is 21.7. The van der Waals surface area contributed by atoms with Gasteiger partial charge in [-0.3, -0.25) is 4.57 Å². The Labute approximate surface area is 361 Å². The predicted octanol–water partition coefficient (Wildman–Crippen LogP) is 14.6. The number of hydrogen-bond donors (Lipinski definition) is 0. The summed E-state index contributed by atoms with van der Waals surface area (Å²) < 4.78 is 4.77. The van der Waals surface area contributed by atoms with Crippen molar-refractivity contribution in [3.05, 3.63) is 187 Å². The minimum atomic E-state index is 0.0449. The highest BCUT2D eigenvalue weighted by molar-refractivity contribution is 6.33. The van der Waals surface area contributed by atoms with Crippen LogP contribution < -0.4 is 0 Å². The van der Waals surface area contributed by atoms with Crippen LogP contribution in [-0.4, -0.2) is 24.1 Å². The summed E-state index contributed by atoms with van der Waals surface area (Å²) in [7, 11) is 0. The fourth-order valence-corrected chi connectivity index (χ4v) is 10.3. The molecule has 0 aliphatic heterocycles. The summed E-state index contributed by atoms with van der Waals surface area (Å²) in [6.07, 6.45) is 2.31. The molecule has 0 fully saturated rings. The summed E-state index contributed by atoms with van der Waals surface area (Å²) in [5, 5.41) is 7.32. The molecule has 0 radical (unpaired) electrons. The Balaban J connectivity index is 1.21. The van der Waals surface area contributed by atoms with Crippen molar-refractivity contribution < 1.29 is 0 Å². The standard InChI is InChI=1S/C57H45N5/c1-56(2)32-33-57(3,4)45-35-49-43(34-44(45)56)51-46(61(49)41-21-12-7-13-22-41)30-31-48-52(51)50-42-23-15-14-18-38(42)28-29-47(50)62(48)55-59-53(39-19-10-6-11-20-39)58-54(60-55)40-26-24-37(25-27-40)36-16-8-5-9-17-36/h5-31,34-35H,32-33H2,1-4H3. The van der Waals surface area contributed by atoms with Gasteiger partial charge in [0.2, 0.25) is 5.95 Å². The van der Waals surface area contributed by atoms with Crippen LogP contribution in [0.1, 0.15) is 51.7 Å². The van der Waals surface area contributed by atoms with Crippen molar-refractivity contribution in [1.29, 1.82) is 0 Å². The SMILES string of the molecule is CC1(C)CCC(C)(C)c2cc3c(cc21)c1c2c4c5ccccc5ccc4n(-c4nc(-c5ccccc5)nc(-c5ccc(-c6ccccc6)cc5)n4)c2ccc1n3-c1ccccc1. The molecule has 12 rings (SSSR count). The highest BCUT2D eigenvalue weighted by Gasteiger charge is 2.38. The van der Waals surface area contributed by atoms with Gasteiger partial charge in [0, 0.05) is 38.4 Å². The first kappa shape index (κ1) is 36.5. The number of aromatic nitrogens is 5. The first-order chi connectivity index (χ1) is 30.2. The molecule has 0 atom stereocenters. The molecule has 11 aromatic rings. The van der Waals surface area contributed by atoms with E-state index in [1.165, 1.54) is 60.0 Å². The molecule has 0 N–H and O–H groups in total. The molecule has 8 aromatic carbocycles. The second-order valence-electron chi connectivity index (χ2n) is 18.3. The van der Waals surface area contributed by atoms with Crippen molar-refractivity contribution in [2.24, 2.45) is 0 Å². The summed E-state index contributed by atoms with van der Waals surface area (Å²) in [4.78, 5) is 15.9. The van der Waals surface area contributed by atoms with Crippen LogP contribution in [0.3, 0.4) is 0 Å². The largest absolute Gasteiger partial charge is 0.309 e. The third-order valence-electron chi connectivity index (χ3n) is 13.6. The lowest BCUT2D eigenvalue weighted by Gasteiger charge is -2.42. The summed E-state index contributed by atoms with van der Waals surface area (Å²) in [5.41, 5.74) is 12.9. The van der Waals surface area contributed by atoms with Crippen LogP contribution in [-0.2, 0) is 10.8 Å². The zero-order valence-corrected chi connectivity index (χ0v) is 35.4. The predicted molar refractivity (Wildman–Crippen MR) is 258 cm³/mol. The maximum Gasteiger partial charge on any atom is 0.238 e. The van der Waals surface area contributed by atoms with Crippen LogP contribution >= 0.6 is 0 Å². The second-order valence-corrected chi connectivity index (χ2v) is 18.3. The second kappa shape index (κ2) is 13.6. The molecule has 0 saturated heterocycles. The minimum Gasteiger partial charge on any atom is -0.309 e. The Morgan fingerprint density at radius 1 is 0.387 bits per heavy atom. The lowest BCUT2D eigenvalue weighted by molar-refractivity contribution is 0.332. The van der Waals surface area contributed by atoms with E-state index < -0.39 is 0 Å². The van der Waals surface area contributed by atoms with Gasteiger partial charge in [0.05, 0.1) is 22.1 Å². The van der Waals surface area contributed by atoms with Crippen LogP contribution in [0.4, 0.5) is 0 Å². The molecule has 3 aromatic heterocycles. The minimum absolute atomic E-state index is 0.0449. The zero-order chi connectivity index (χ0) is 41.7. The van der Waals surface area contributed by atoms with Gasteiger partial charge in [-0.25, -0.2) is 4.98 Å². The van der Waals surface area contributed by atoms with Crippen LogP contribution in [0.15, 0.2) is 176 Å². The van der Waals surface area contributed by atoms with E-state index in [0.29, 0.717) is 17.6 Å². The maximum atomic E-state index is 5.38. The van der Waals surface area contributed by atoms with Crippen molar-refractivity contribution in [3.63, 3.8) is 0 Å². The summed E-state index contributed by atoms with van der Waals surface area (Å²) in [5.74, 6) is 1.84. The molecule has 0 bridgehead atoms. The van der Waals surface area contributed by atoms with Crippen LogP contribution in [0.5, 0.6) is 0 Å². The van der Waals surface area contributed by atoms with Crippen molar-refractivity contribution in [3.8, 4) is 45.5 Å². The van der Waals surface area contributed by atoms with E-state index in [0.717, 1.165) is 46.3 Å². The summed E-state index contributed by atoms with van der Waals surface area (Å²) >= 11 is 0. The van der Waals surface area contributed by atoms with E-state index >= 15 is 0 Å². The fourth-order valence-electron chi connectivity index (χ4n) is 10.3. The lowest BCUT2D eigenvalue weighted by Crippen LogP contribution is -2.33. The van der Waals surface area contributed by atoms with Crippen molar-refractivity contribution in [2.45, 2.75) is 51.4 Å². The van der Waals surface area contributed by atoms with E-state index in [2.05, 4.69) is 188 Å². The number of nitrogens with zero attached hydrogens (tertiary/aromatic N) is 5. The molecule has 5 heteroatoms. The number of fused-ring (bicyclic) bond motifs is 10. The number of hydrogen-bond acceptors (Lipinski definition) is 3. The Kier molecular flexibility index (Phi) is 7.98. The molecule has 5 nitrogen and oxygen atoms in total. The molecule has 1 aliphatic rings. The van der Waals surface area contributed by atoms with Crippen molar-refractivity contribution in [2.75, 3.05) is 0 Å². The smallest absolute Gasteiger partial charge is 0.238 e. The van der Waals surface area contributed by atoms with E-state index in [9.17, 15) is 0 Å². The van der Waals surface area contributed by atoms with E-state index in [1.54, 1.807) is 0 Å². The average molecular weight is 800 g/mol. The topological polar surface area (TPSA) is 48.5 Å². The van der Waals surface area contributed by atoms with Crippen LogP contribution in [0, 0.1) is 0 Å². The van der Waals surface area contributed by atoms with Gasteiger partial charge in [-0.05, 0) is 99.2 Å². The zero-order valence-electron chi connectivity index (χ0n) is 35.4. The molecule has 0 unspecified atom stereocenters. The van der Waals surface area contributed by atoms with E-state index in [1.807, 2.05) is 24.3 Å². The Hall–Kier alpha value is -7.37. The van der Waals surface area contributed by atoms with Crippen LogP contribution in [0.25, 0.3) is 99.9 Å². The molecular formula is C57H45N5. The molecule has 1 aliphatic carbocycles. The Bertz CT molecular complexity index is 3540. The summed E-state index contributed by atoms with van der Waals surface area (Å²) in [6.45, 7) is 9.70. The Morgan fingerprint density at radius 3 is 1.55 bits per heavy atom. The normalized spacial score (nSPS) is 14.6. The molecule has 62 heavy (non-hydrogen) atoms. The first-order valence-corrected chi connectivity index (χ1v) is 21.7. The average Bonchev–Trinajstić information content (AvgIpc) is 3.84. The lowest BCUT2D eigenvalue weighted by atomic mass is 9.63. The molecule has 298 valence electrons. The number of para-hydroxylation sites is 1. The van der Waals surface area contributed by atoms with Crippen LogP contribution in [0.2, 0.25) is 0 Å². The van der Waals surface area contributed by atoms with Gasteiger partial charge in [-0.2, -0.15) is 9.97 Å². The highest BCUT2D eigenvalue weighted by atomic mass is 15.2. The van der Waals surface area contributed by atoms with Gasteiger partial charge < -0.3 is 4.57 Å². The van der Waals surface area contributed by atoms with Gasteiger partial charge in [0.1, 0.15) is 0 Å². The highest BCUT2D eigenvalue weighted by Crippen LogP contribution is 2.50. The number of rotatable bonds is 5. The molecule has 0 amide bonds. The van der Waals surface area contributed by atoms with Crippen molar-refractivity contribution >= 4 is 54.4 Å². The number of benzene rings is 8.